The second-order valence-corrected chi connectivity index (χ2v) is 5.06. The van der Waals surface area contributed by atoms with Gasteiger partial charge in [0, 0.05) is 30.2 Å². The largest absolute Gasteiger partial charge is 0.373 e. The van der Waals surface area contributed by atoms with Crippen molar-refractivity contribution in [1.29, 1.82) is 0 Å². The topological polar surface area (TPSA) is 37.8 Å². The summed E-state index contributed by atoms with van der Waals surface area (Å²) >= 11 is 0. The molecule has 0 fully saturated rings. The van der Waals surface area contributed by atoms with Gasteiger partial charge in [0.15, 0.2) is 0 Å². The molecule has 0 unspecified atom stereocenters. The zero-order chi connectivity index (χ0) is 13.4. The number of benzene rings is 1. The smallest absolute Gasteiger partial charge is 0.129 e. The maximum absolute atomic E-state index is 4.79. The van der Waals surface area contributed by atoms with E-state index in [0.717, 1.165) is 16.7 Å². The minimum Gasteiger partial charge on any atom is -0.373 e. The van der Waals surface area contributed by atoms with Crippen LogP contribution in [0.25, 0.3) is 21.7 Å². The SMILES string of the molecule is CNc1nc2c(ccc3ccncc32)cc1C(C)C. The second-order valence-electron chi connectivity index (χ2n) is 5.06. The molecule has 0 saturated carbocycles. The first-order valence-electron chi connectivity index (χ1n) is 6.56. The highest BCUT2D eigenvalue weighted by atomic mass is 15.0. The number of aromatic nitrogens is 2. The number of hydrogen-bond donors (Lipinski definition) is 1. The van der Waals surface area contributed by atoms with Crippen LogP contribution in [-0.2, 0) is 0 Å². The standard InChI is InChI=1S/C16H17N3/c1-10(2)13-8-12-5-4-11-6-7-18-9-14(11)15(12)19-16(13)17-3/h4-10H,1-3H3,(H,17,19). The summed E-state index contributed by atoms with van der Waals surface area (Å²) in [4.78, 5) is 9.01. The number of nitrogens with zero attached hydrogens (tertiary/aromatic N) is 2. The van der Waals surface area contributed by atoms with E-state index in [2.05, 4.69) is 42.3 Å². The van der Waals surface area contributed by atoms with Crippen LogP contribution in [0, 0.1) is 0 Å². The maximum atomic E-state index is 4.79. The minimum atomic E-state index is 0.448. The highest BCUT2D eigenvalue weighted by Crippen LogP contribution is 2.30. The van der Waals surface area contributed by atoms with Crippen molar-refractivity contribution in [3.8, 4) is 0 Å². The van der Waals surface area contributed by atoms with Crippen molar-refractivity contribution in [3.63, 3.8) is 0 Å². The van der Waals surface area contributed by atoms with Gasteiger partial charge in [0.2, 0.25) is 0 Å². The van der Waals surface area contributed by atoms with E-state index in [4.69, 9.17) is 4.98 Å². The summed E-state index contributed by atoms with van der Waals surface area (Å²) in [6, 6.07) is 8.51. The number of nitrogens with one attached hydrogen (secondary N) is 1. The molecule has 1 N–H and O–H groups in total. The summed E-state index contributed by atoms with van der Waals surface area (Å²) in [5.41, 5.74) is 2.26. The van der Waals surface area contributed by atoms with Crippen LogP contribution in [0.4, 0.5) is 5.82 Å². The molecule has 3 aromatic rings. The van der Waals surface area contributed by atoms with Crippen molar-refractivity contribution in [2.75, 3.05) is 12.4 Å². The Kier molecular flexibility index (Phi) is 2.82. The Bertz CT molecular complexity index is 747. The number of fused-ring (bicyclic) bond motifs is 3. The van der Waals surface area contributed by atoms with Crippen LogP contribution >= 0.6 is 0 Å². The zero-order valence-corrected chi connectivity index (χ0v) is 11.4. The summed E-state index contributed by atoms with van der Waals surface area (Å²) < 4.78 is 0. The van der Waals surface area contributed by atoms with Gasteiger partial charge >= 0.3 is 0 Å². The molecular weight excluding hydrogens is 234 g/mol. The van der Waals surface area contributed by atoms with E-state index in [1.807, 2.05) is 25.5 Å². The summed E-state index contributed by atoms with van der Waals surface area (Å²) in [7, 11) is 1.92. The third-order valence-electron chi connectivity index (χ3n) is 3.49. The Balaban J connectivity index is 2.41. The number of anilines is 1. The molecule has 0 amide bonds. The van der Waals surface area contributed by atoms with Gasteiger partial charge in [-0.05, 0) is 29.0 Å². The van der Waals surface area contributed by atoms with E-state index in [1.165, 1.54) is 16.3 Å². The third-order valence-corrected chi connectivity index (χ3v) is 3.49. The Morgan fingerprint density at radius 3 is 2.63 bits per heavy atom. The van der Waals surface area contributed by atoms with Gasteiger partial charge in [-0.3, -0.25) is 4.98 Å². The molecule has 0 atom stereocenters. The Hall–Kier alpha value is -2.16. The van der Waals surface area contributed by atoms with Crippen molar-refractivity contribution >= 4 is 27.5 Å². The van der Waals surface area contributed by atoms with Crippen LogP contribution in [0.5, 0.6) is 0 Å². The van der Waals surface area contributed by atoms with Crippen molar-refractivity contribution in [3.05, 3.63) is 42.2 Å². The van der Waals surface area contributed by atoms with E-state index in [9.17, 15) is 0 Å². The summed E-state index contributed by atoms with van der Waals surface area (Å²) in [6.45, 7) is 4.37. The molecule has 0 aliphatic rings. The second kappa shape index (κ2) is 4.50. The molecule has 3 rings (SSSR count). The normalized spacial score (nSPS) is 11.4. The lowest BCUT2D eigenvalue weighted by Gasteiger charge is -2.13. The van der Waals surface area contributed by atoms with Gasteiger partial charge in [0.25, 0.3) is 0 Å². The van der Waals surface area contributed by atoms with Crippen LogP contribution in [0.2, 0.25) is 0 Å². The number of rotatable bonds is 2. The van der Waals surface area contributed by atoms with Crippen LogP contribution in [0.15, 0.2) is 36.7 Å². The van der Waals surface area contributed by atoms with Gasteiger partial charge < -0.3 is 5.32 Å². The molecule has 96 valence electrons. The van der Waals surface area contributed by atoms with E-state index in [0.29, 0.717) is 5.92 Å². The monoisotopic (exact) mass is 251 g/mol. The van der Waals surface area contributed by atoms with E-state index < -0.39 is 0 Å². The van der Waals surface area contributed by atoms with E-state index in [1.54, 1.807) is 0 Å². The summed E-state index contributed by atoms with van der Waals surface area (Å²) in [5.74, 6) is 1.41. The van der Waals surface area contributed by atoms with Crippen LogP contribution < -0.4 is 5.32 Å². The van der Waals surface area contributed by atoms with Gasteiger partial charge in [-0.2, -0.15) is 0 Å². The van der Waals surface area contributed by atoms with Crippen molar-refractivity contribution in [1.82, 2.24) is 9.97 Å². The average Bonchev–Trinajstić information content (AvgIpc) is 2.45. The van der Waals surface area contributed by atoms with Crippen LogP contribution in [0.1, 0.15) is 25.3 Å². The van der Waals surface area contributed by atoms with Crippen LogP contribution in [-0.4, -0.2) is 17.0 Å². The van der Waals surface area contributed by atoms with Crippen molar-refractivity contribution in [2.24, 2.45) is 0 Å². The highest BCUT2D eigenvalue weighted by Gasteiger charge is 2.10. The Morgan fingerprint density at radius 2 is 1.89 bits per heavy atom. The van der Waals surface area contributed by atoms with Gasteiger partial charge in [-0.15, -0.1) is 0 Å². The maximum Gasteiger partial charge on any atom is 0.129 e. The fourth-order valence-corrected chi connectivity index (χ4v) is 2.46. The molecule has 0 saturated heterocycles. The molecule has 3 nitrogen and oxygen atoms in total. The fraction of sp³-hybridized carbons (Fsp3) is 0.250. The molecule has 2 heterocycles. The Labute approximate surface area is 112 Å². The molecule has 1 aromatic carbocycles. The first-order chi connectivity index (χ1) is 9.20. The minimum absolute atomic E-state index is 0.448. The number of hydrogen-bond acceptors (Lipinski definition) is 3. The molecule has 0 aliphatic heterocycles. The lowest BCUT2D eigenvalue weighted by atomic mass is 10.00. The molecular formula is C16H17N3. The number of pyridine rings is 2. The van der Waals surface area contributed by atoms with E-state index in [-0.39, 0.29) is 0 Å². The van der Waals surface area contributed by atoms with Crippen molar-refractivity contribution in [2.45, 2.75) is 19.8 Å². The van der Waals surface area contributed by atoms with Crippen LogP contribution in [0.3, 0.4) is 0 Å². The zero-order valence-electron chi connectivity index (χ0n) is 11.4. The molecule has 2 aromatic heterocycles. The highest BCUT2D eigenvalue weighted by molar-refractivity contribution is 6.05. The molecule has 19 heavy (non-hydrogen) atoms. The van der Waals surface area contributed by atoms with Gasteiger partial charge in [0.1, 0.15) is 5.82 Å². The van der Waals surface area contributed by atoms with Gasteiger partial charge in [-0.1, -0.05) is 26.0 Å². The lowest BCUT2D eigenvalue weighted by molar-refractivity contribution is 0.864. The molecule has 0 radical (unpaired) electrons. The molecule has 0 aliphatic carbocycles. The van der Waals surface area contributed by atoms with E-state index >= 15 is 0 Å². The predicted octanol–water partition coefficient (Wildman–Crippen LogP) is 3.95. The van der Waals surface area contributed by atoms with Gasteiger partial charge in [-0.25, -0.2) is 4.98 Å². The fourth-order valence-electron chi connectivity index (χ4n) is 2.46. The summed E-state index contributed by atoms with van der Waals surface area (Å²) in [6.07, 6.45) is 3.70. The third kappa shape index (κ3) is 1.91. The summed E-state index contributed by atoms with van der Waals surface area (Å²) in [5, 5.41) is 6.65. The lowest BCUT2D eigenvalue weighted by Crippen LogP contribution is -2.01. The van der Waals surface area contributed by atoms with Crippen molar-refractivity contribution < 1.29 is 0 Å². The molecule has 0 spiro atoms. The Morgan fingerprint density at radius 1 is 1.11 bits per heavy atom. The quantitative estimate of drug-likeness (QED) is 0.701. The van der Waals surface area contributed by atoms with Gasteiger partial charge in [0.05, 0.1) is 5.52 Å². The molecule has 3 heteroatoms. The first-order valence-corrected chi connectivity index (χ1v) is 6.56. The molecule has 0 bridgehead atoms. The predicted molar refractivity (Wildman–Crippen MR) is 80.7 cm³/mol. The first kappa shape index (κ1) is 11.9. The average molecular weight is 251 g/mol.